The second-order valence-corrected chi connectivity index (χ2v) is 2.05. The number of halogens is 3. The molecule has 0 spiro atoms. The highest BCUT2D eigenvalue weighted by atomic mass is 35.5. The molecule has 0 aliphatic carbocycles. The lowest BCUT2D eigenvalue weighted by Gasteiger charge is -1.99. The van der Waals surface area contributed by atoms with Gasteiger partial charge in [0.15, 0.2) is 0 Å². The minimum Gasteiger partial charge on any atom is -0.300 e. The molecule has 0 amide bonds. The third-order valence-corrected chi connectivity index (χ3v) is 1.25. The monoisotopic (exact) mass is 195 g/mol. The highest BCUT2D eigenvalue weighted by Gasteiger charge is 2.01. The molecule has 0 aliphatic rings. The van der Waals surface area contributed by atoms with Gasteiger partial charge in [0.2, 0.25) is 0 Å². The van der Waals surface area contributed by atoms with E-state index in [1.165, 1.54) is 6.07 Å². The Kier molecular flexibility index (Phi) is 4.73. The average molecular weight is 196 g/mol. The Hall–Kier alpha value is -0.710. The predicted molar refractivity (Wildman–Crippen MR) is 42.6 cm³/mol. The zero-order valence-electron chi connectivity index (χ0n) is 6.09. The average Bonchev–Trinajstić information content (AvgIpc) is 1.95. The lowest BCUT2D eigenvalue weighted by atomic mass is 10.2. The van der Waals surface area contributed by atoms with Gasteiger partial charge in [-0.2, -0.15) is 0 Å². The standard InChI is InChI=1S/C7H7F2NO.ClH/c8-6-2-1-5(4-11-10)7(9)3-6;/h1-3H,4,10H2;1H. The van der Waals surface area contributed by atoms with E-state index >= 15 is 0 Å². The lowest BCUT2D eigenvalue weighted by Crippen LogP contribution is -2.01. The number of rotatable bonds is 2. The highest BCUT2D eigenvalue weighted by molar-refractivity contribution is 5.85. The number of benzene rings is 1. The van der Waals surface area contributed by atoms with Crippen LogP contribution in [0.2, 0.25) is 0 Å². The van der Waals surface area contributed by atoms with E-state index in [2.05, 4.69) is 4.84 Å². The molecular weight excluding hydrogens is 188 g/mol. The summed E-state index contributed by atoms with van der Waals surface area (Å²) in [6.07, 6.45) is 0. The summed E-state index contributed by atoms with van der Waals surface area (Å²) in [6, 6.07) is 3.23. The number of nitrogens with two attached hydrogens (primary N) is 1. The van der Waals surface area contributed by atoms with Crippen molar-refractivity contribution in [3.8, 4) is 0 Å². The van der Waals surface area contributed by atoms with Gasteiger partial charge < -0.3 is 0 Å². The number of hydrogen-bond acceptors (Lipinski definition) is 2. The van der Waals surface area contributed by atoms with Crippen LogP contribution >= 0.6 is 12.4 Å². The zero-order chi connectivity index (χ0) is 8.27. The Morgan fingerprint density at radius 3 is 2.50 bits per heavy atom. The fourth-order valence-corrected chi connectivity index (χ4v) is 0.729. The molecule has 0 aliphatic heterocycles. The summed E-state index contributed by atoms with van der Waals surface area (Å²) in [5.41, 5.74) is 0.244. The van der Waals surface area contributed by atoms with Gasteiger partial charge in [-0.25, -0.2) is 14.7 Å². The van der Waals surface area contributed by atoms with Crippen LogP contribution in [0.4, 0.5) is 8.78 Å². The van der Waals surface area contributed by atoms with Crippen LogP contribution < -0.4 is 5.90 Å². The minimum atomic E-state index is -0.643. The molecule has 1 aromatic rings. The number of hydrogen-bond donors (Lipinski definition) is 1. The molecular formula is C7H8ClF2NO. The van der Waals surface area contributed by atoms with Crippen LogP contribution in [0, 0.1) is 11.6 Å². The topological polar surface area (TPSA) is 35.2 Å². The maximum atomic E-state index is 12.7. The highest BCUT2D eigenvalue weighted by Crippen LogP contribution is 2.09. The second kappa shape index (κ2) is 5.03. The lowest BCUT2D eigenvalue weighted by molar-refractivity contribution is 0.121. The Morgan fingerprint density at radius 2 is 2.00 bits per heavy atom. The predicted octanol–water partition coefficient (Wildman–Crippen LogP) is 1.78. The molecule has 0 aromatic heterocycles. The van der Waals surface area contributed by atoms with Gasteiger partial charge in [-0.3, -0.25) is 4.84 Å². The normalized spacial score (nSPS) is 9.25. The first kappa shape index (κ1) is 11.3. The smallest absolute Gasteiger partial charge is 0.131 e. The van der Waals surface area contributed by atoms with Crippen LogP contribution in [0.5, 0.6) is 0 Å². The Morgan fingerprint density at radius 1 is 1.33 bits per heavy atom. The first-order chi connectivity index (χ1) is 5.24. The van der Waals surface area contributed by atoms with Gasteiger partial charge in [-0.15, -0.1) is 12.4 Å². The molecule has 68 valence electrons. The fourth-order valence-electron chi connectivity index (χ4n) is 0.729. The van der Waals surface area contributed by atoms with Crippen molar-refractivity contribution in [1.29, 1.82) is 0 Å². The van der Waals surface area contributed by atoms with Gasteiger partial charge >= 0.3 is 0 Å². The molecule has 0 atom stereocenters. The van der Waals surface area contributed by atoms with Gasteiger partial charge in [0.25, 0.3) is 0 Å². The van der Waals surface area contributed by atoms with E-state index in [9.17, 15) is 8.78 Å². The quantitative estimate of drug-likeness (QED) is 0.731. The van der Waals surface area contributed by atoms with Crippen molar-refractivity contribution >= 4 is 12.4 Å². The van der Waals surface area contributed by atoms with Gasteiger partial charge in [-0.1, -0.05) is 6.07 Å². The maximum absolute atomic E-state index is 12.7. The molecule has 5 heteroatoms. The molecule has 0 heterocycles. The molecule has 0 saturated heterocycles. The minimum absolute atomic E-state index is 0. The van der Waals surface area contributed by atoms with E-state index in [-0.39, 0.29) is 24.6 Å². The molecule has 1 aromatic carbocycles. The molecule has 0 radical (unpaired) electrons. The summed E-state index contributed by atoms with van der Waals surface area (Å²) >= 11 is 0. The van der Waals surface area contributed by atoms with E-state index < -0.39 is 11.6 Å². The maximum Gasteiger partial charge on any atom is 0.131 e. The van der Waals surface area contributed by atoms with Gasteiger partial charge in [0, 0.05) is 11.6 Å². The third-order valence-electron chi connectivity index (χ3n) is 1.25. The first-order valence-electron chi connectivity index (χ1n) is 2.99. The zero-order valence-corrected chi connectivity index (χ0v) is 6.91. The fraction of sp³-hybridized carbons (Fsp3) is 0.143. The van der Waals surface area contributed by atoms with Crippen LogP contribution in [-0.2, 0) is 11.4 Å². The van der Waals surface area contributed by atoms with Crippen LogP contribution in [0.1, 0.15) is 5.56 Å². The van der Waals surface area contributed by atoms with Crippen molar-refractivity contribution in [2.24, 2.45) is 5.90 Å². The van der Waals surface area contributed by atoms with E-state index in [1.807, 2.05) is 0 Å². The molecule has 12 heavy (non-hydrogen) atoms. The summed E-state index contributed by atoms with van der Waals surface area (Å²) in [4.78, 5) is 4.19. The third kappa shape index (κ3) is 2.73. The Balaban J connectivity index is 0.00000121. The van der Waals surface area contributed by atoms with Crippen LogP contribution in [0.25, 0.3) is 0 Å². The van der Waals surface area contributed by atoms with Gasteiger partial charge in [0.1, 0.15) is 11.6 Å². The summed E-state index contributed by atoms with van der Waals surface area (Å²) in [6.45, 7) is -0.0495. The Labute approximate surface area is 74.7 Å². The molecule has 2 N–H and O–H groups in total. The second-order valence-electron chi connectivity index (χ2n) is 2.05. The van der Waals surface area contributed by atoms with Crippen LogP contribution in [0.15, 0.2) is 18.2 Å². The molecule has 0 saturated carbocycles. The Bertz CT molecular complexity index is 257. The molecule has 1 rings (SSSR count). The van der Waals surface area contributed by atoms with Crippen molar-refractivity contribution in [3.05, 3.63) is 35.4 Å². The summed E-state index contributed by atoms with van der Waals surface area (Å²) < 4.78 is 24.9. The summed E-state index contributed by atoms with van der Waals surface area (Å²) in [7, 11) is 0. The van der Waals surface area contributed by atoms with E-state index in [0.29, 0.717) is 0 Å². The molecule has 0 bridgehead atoms. The largest absolute Gasteiger partial charge is 0.300 e. The molecule has 0 unspecified atom stereocenters. The van der Waals surface area contributed by atoms with Crippen molar-refractivity contribution in [2.45, 2.75) is 6.61 Å². The van der Waals surface area contributed by atoms with E-state index in [0.717, 1.165) is 12.1 Å². The SMILES string of the molecule is Cl.NOCc1ccc(F)cc1F. The van der Waals surface area contributed by atoms with Crippen LogP contribution in [0.3, 0.4) is 0 Å². The summed E-state index contributed by atoms with van der Waals surface area (Å²) in [5.74, 6) is 3.46. The molecule has 0 fully saturated rings. The van der Waals surface area contributed by atoms with Crippen molar-refractivity contribution in [3.63, 3.8) is 0 Å². The van der Waals surface area contributed by atoms with Crippen molar-refractivity contribution < 1.29 is 13.6 Å². The van der Waals surface area contributed by atoms with Gasteiger partial charge in [0.05, 0.1) is 6.61 Å². The van der Waals surface area contributed by atoms with Crippen LogP contribution in [-0.4, -0.2) is 0 Å². The van der Waals surface area contributed by atoms with E-state index in [4.69, 9.17) is 5.90 Å². The van der Waals surface area contributed by atoms with Gasteiger partial charge in [-0.05, 0) is 6.07 Å². The van der Waals surface area contributed by atoms with Crippen molar-refractivity contribution in [2.75, 3.05) is 0 Å². The molecule has 2 nitrogen and oxygen atoms in total. The first-order valence-corrected chi connectivity index (χ1v) is 2.99. The summed E-state index contributed by atoms with van der Waals surface area (Å²) in [5, 5.41) is 0. The van der Waals surface area contributed by atoms with Crippen molar-refractivity contribution in [1.82, 2.24) is 0 Å². The van der Waals surface area contributed by atoms with E-state index in [1.54, 1.807) is 0 Å².